The molecule has 4 nitrogen and oxygen atoms in total. The van der Waals surface area contributed by atoms with Gasteiger partial charge < -0.3 is 14.8 Å². The van der Waals surface area contributed by atoms with Crippen LogP contribution in [0.3, 0.4) is 0 Å². The SMILES string of the molecule is CCOc1cc2c(cc1NC(=O)c1cccc(C)c1)OC(C)C2. The van der Waals surface area contributed by atoms with Crippen LogP contribution in [0.15, 0.2) is 36.4 Å². The maximum absolute atomic E-state index is 12.5. The van der Waals surface area contributed by atoms with Crippen LogP contribution < -0.4 is 14.8 Å². The van der Waals surface area contributed by atoms with Gasteiger partial charge in [-0.25, -0.2) is 0 Å². The number of hydrogen-bond donors (Lipinski definition) is 1. The normalized spacial score (nSPS) is 15.7. The summed E-state index contributed by atoms with van der Waals surface area (Å²) in [5.74, 6) is 1.35. The number of benzene rings is 2. The van der Waals surface area contributed by atoms with Crippen molar-refractivity contribution < 1.29 is 14.3 Å². The molecule has 1 amide bonds. The molecule has 1 unspecified atom stereocenters. The summed E-state index contributed by atoms with van der Waals surface area (Å²) in [5, 5.41) is 2.94. The lowest BCUT2D eigenvalue weighted by atomic mass is 10.1. The van der Waals surface area contributed by atoms with Gasteiger partial charge in [0.25, 0.3) is 5.91 Å². The van der Waals surface area contributed by atoms with Crippen LogP contribution in [0.5, 0.6) is 11.5 Å². The maximum atomic E-state index is 12.5. The van der Waals surface area contributed by atoms with Gasteiger partial charge in [-0.05, 0) is 39.0 Å². The Hall–Kier alpha value is -2.49. The molecular formula is C19H21NO3. The predicted octanol–water partition coefficient (Wildman–Crippen LogP) is 3.97. The maximum Gasteiger partial charge on any atom is 0.255 e. The van der Waals surface area contributed by atoms with E-state index in [1.54, 1.807) is 6.07 Å². The Balaban J connectivity index is 1.89. The second-order valence-electron chi connectivity index (χ2n) is 5.85. The van der Waals surface area contributed by atoms with E-state index in [4.69, 9.17) is 9.47 Å². The van der Waals surface area contributed by atoms with Gasteiger partial charge in [0.2, 0.25) is 0 Å². The van der Waals surface area contributed by atoms with E-state index in [0.717, 1.165) is 23.3 Å². The molecule has 3 rings (SSSR count). The van der Waals surface area contributed by atoms with Crippen molar-refractivity contribution in [3.63, 3.8) is 0 Å². The van der Waals surface area contributed by atoms with Gasteiger partial charge in [-0.1, -0.05) is 17.7 Å². The highest BCUT2D eigenvalue weighted by Gasteiger charge is 2.22. The number of hydrogen-bond acceptors (Lipinski definition) is 3. The standard InChI is InChI=1S/C19H21NO3/c1-4-22-18-10-15-9-13(3)23-17(15)11-16(18)20-19(21)14-7-5-6-12(2)8-14/h5-8,10-11,13H,4,9H2,1-3H3,(H,20,21). The Morgan fingerprint density at radius 2 is 2.17 bits per heavy atom. The van der Waals surface area contributed by atoms with Crippen LogP contribution in [0.4, 0.5) is 5.69 Å². The van der Waals surface area contributed by atoms with Crippen molar-refractivity contribution in [2.24, 2.45) is 0 Å². The molecule has 0 bridgehead atoms. The fraction of sp³-hybridized carbons (Fsp3) is 0.316. The van der Waals surface area contributed by atoms with Crippen molar-refractivity contribution in [1.29, 1.82) is 0 Å². The molecule has 2 aromatic rings. The number of carbonyl (C=O) groups excluding carboxylic acids is 1. The van der Waals surface area contributed by atoms with E-state index in [1.807, 2.05) is 51.1 Å². The van der Waals surface area contributed by atoms with Gasteiger partial charge in [0.1, 0.15) is 17.6 Å². The predicted molar refractivity (Wildman–Crippen MR) is 90.5 cm³/mol. The molecule has 1 aliphatic heterocycles. The van der Waals surface area contributed by atoms with E-state index >= 15 is 0 Å². The van der Waals surface area contributed by atoms with Crippen molar-refractivity contribution in [1.82, 2.24) is 0 Å². The van der Waals surface area contributed by atoms with E-state index in [1.165, 1.54) is 0 Å². The zero-order chi connectivity index (χ0) is 16.4. The summed E-state index contributed by atoms with van der Waals surface area (Å²) in [7, 11) is 0. The number of rotatable bonds is 4. The van der Waals surface area contributed by atoms with Crippen LogP contribution in [0.25, 0.3) is 0 Å². The Morgan fingerprint density at radius 3 is 2.91 bits per heavy atom. The van der Waals surface area contributed by atoms with Crippen LogP contribution in [0.1, 0.15) is 35.3 Å². The summed E-state index contributed by atoms with van der Waals surface area (Å²) in [6.45, 7) is 6.47. The zero-order valence-corrected chi connectivity index (χ0v) is 13.7. The van der Waals surface area contributed by atoms with Crippen LogP contribution in [-0.2, 0) is 6.42 Å². The number of ether oxygens (including phenoxy) is 2. The van der Waals surface area contributed by atoms with Crippen LogP contribution in [0.2, 0.25) is 0 Å². The Bertz CT molecular complexity index is 739. The molecule has 0 saturated heterocycles. The van der Waals surface area contributed by atoms with Crippen LogP contribution in [0, 0.1) is 6.92 Å². The van der Waals surface area contributed by atoms with Gasteiger partial charge in [-0.3, -0.25) is 4.79 Å². The van der Waals surface area contributed by atoms with Gasteiger partial charge in [0.15, 0.2) is 0 Å². The second kappa shape index (κ2) is 6.32. The Kier molecular flexibility index (Phi) is 4.24. The summed E-state index contributed by atoms with van der Waals surface area (Å²) < 4.78 is 11.5. The van der Waals surface area contributed by atoms with E-state index in [2.05, 4.69) is 5.32 Å². The highest BCUT2D eigenvalue weighted by molar-refractivity contribution is 6.05. The molecule has 0 aliphatic carbocycles. The Labute approximate surface area is 136 Å². The quantitative estimate of drug-likeness (QED) is 0.929. The summed E-state index contributed by atoms with van der Waals surface area (Å²) in [5.41, 5.74) is 3.44. The largest absolute Gasteiger partial charge is 0.492 e. The van der Waals surface area contributed by atoms with E-state index in [9.17, 15) is 4.79 Å². The minimum atomic E-state index is -0.152. The van der Waals surface area contributed by atoms with Crippen LogP contribution >= 0.6 is 0 Å². The molecule has 1 aliphatic rings. The summed E-state index contributed by atoms with van der Waals surface area (Å²) in [4.78, 5) is 12.5. The third-order valence-corrected chi connectivity index (χ3v) is 3.83. The van der Waals surface area contributed by atoms with E-state index < -0.39 is 0 Å². The minimum absolute atomic E-state index is 0.152. The number of nitrogens with one attached hydrogen (secondary N) is 1. The summed E-state index contributed by atoms with van der Waals surface area (Å²) in [6.07, 6.45) is 1.02. The lowest BCUT2D eigenvalue weighted by molar-refractivity contribution is 0.102. The fourth-order valence-electron chi connectivity index (χ4n) is 2.79. The molecule has 0 aromatic heterocycles. The van der Waals surface area contributed by atoms with Crippen molar-refractivity contribution in [2.75, 3.05) is 11.9 Å². The summed E-state index contributed by atoms with van der Waals surface area (Å²) >= 11 is 0. The van der Waals surface area contributed by atoms with Gasteiger partial charge in [-0.15, -0.1) is 0 Å². The van der Waals surface area contributed by atoms with E-state index in [-0.39, 0.29) is 12.0 Å². The zero-order valence-electron chi connectivity index (χ0n) is 13.7. The molecule has 0 saturated carbocycles. The molecule has 120 valence electrons. The van der Waals surface area contributed by atoms with Crippen molar-refractivity contribution in [2.45, 2.75) is 33.3 Å². The second-order valence-corrected chi connectivity index (χ2v) is 5.85. The first-order chi connectivity index (χ1) is 11.1. The van der Waals surface area contributed by atoms with Gasteiger partial charge in [-0.2, -0.15) is 0 Å². The van der Waals surface area contributed by atoms with Crippen molar-refractivity contribution in [3.05, 3.63) is 53.1 Å². The highest BCUT2D eigenvalue weighted by atomic mass is 16.5. The fourth-order valence-corrected chi connectivity index (χ4v) is 2.79. The molecule has 0 radical (unpaired) electrons. The van der Waals surface area contributed by atoms with Gasteiger partial charge in [0, 0.05) is 23.6 Å². The molecule has 2 aromatic carbocycles. The van der Waals surface area contributed by atoms with Crippen molar-refractivity contribution >= 4 is 11.6 Å². The lowest BCUT2D eigenvalue weighted by Crippen LogP contribution is -2.13. The van der Waals surface area contributed by atoms with Gasteiger partial charge in [0.05, 0.1) is 12.3 Å². The number of fused-ring (bicyclic) bond motifs is 1. The van der Waals surface area contributed by atoms with Gasteiger partial charge >= 0.3 is 0 Å². The third kappa shape index (κ3) is 3.31. The average molecular weight is 311 g/mol. The molecule has 1 N–H and O–H groups in total. The highest BCUT2D eigenvalue weighted by Crippen LogP contribution is 2.38. The summed E-state index contributed by atoms with van der Waals surface area (Å²) in [6, 6.07) is 11.3. The molecule has 0 fully saturated rings. The molecule has 1 atom stereocenters. The molecule has 1 heterocycles. The minimum Gasteiger partial charge on any atom is -0.492 e. The molecule has 0 spiro atoms. The first-order valence-electron chi connectivity index (χ1n) is 7.91. The van der Waals surface area contributed by atoms with E-state index in [0.29, 0.717) is 23.6 Å². The topological polar surface area (TPSA) is 47.6 Å². The van der Waals surface area contributed by atoms with Crippen LogP contribution in [-0.4, -0.2) is 18.6 Å². The Morgan fingerprint density at radius 1 is 1.35 bits per heavy atom. The first kappa shape index (κ1) is 15.4. The number of anilines is 1. The smallest absolute Gasteiger partial charge is 0.255 e. The van der Waals surface area contributed by atoms with Crippen molar-refractivity contribution in [3.8, 4) is 11.5 Å². The molecular weight excluding hydrogens is 290 g/mol. The number of aryl methyl sites for hydroxylation is 1. The number of amides is 1. The number of carbonyl (C=O) groups is 1. The third-order valence-electron chi connectivity index (χ3n) is 3.83. The monoisotopic (exact) mass is 311 g/mol. The first-order valence-corrected chi connectivity index (χ1v) is 7.91. The molecule has 4 heteroatoms. The average Bonchev–Trinajstić information content (AvgIpc) is 2.87. The lowest BCUT2D eigenvalue weighted by Gasteiger charge is -2.13. The molecule has 23 heavy (non-hydrogen) atoms.